The lowest BCUT2D eigenvalue weighted by Gasteiger charge is -2.26. The van der Waals surface area contributed by atoms with Gasteiger partial charge in [0.25, 0.3) is 0 Å². The smallest absolute Gasteiger partial charge is 0.410 e. The summed E-state index contributed by atoms with van der Waals surface area (Å²) in [7, 11) is 0. The van der Waals surface area contributed by atoms with E-state index in [9.17, 15) is 9.18 Å². The second kappa shape index (κ2) is 9.43. The van der Waals surface area contributed by atoms with Gasteiger partial charge in [0.05, 0.1) is 6.67 Å². The van der Waals surface area contributed by atoms with Crippen molar-refractivity contribution >= 4 is 6.09 Å². The Labute approximate surface area is 99.0 Å². The van der Waals surface area contributed by atoms with Crippen molar-refractivity contribution in [1.82, 2.24) is 4.90 Å². The van der Waals surface area contributed by atoms with Crippen LogP contribution in [0.5, 0.6) is 0 Å². The molecule has 3 nitrogen and oxygen atoms in total. The standard InChI is InChI=1S/C10H20FNO2.C2H6/c1-5-12(8-6-7-11)9(13)14-10(2,3)4;1-2/h5-8H2,1-4H3;1-2H3. The molecule has 0 fully saturated rings. The highest BCUT2D eigenvalue weighted by molar-refractivity contribution is 5.68. The molecule has 0 unspecified atom stereocenters. The number of amides is 1. The summed E-state index contributed by atoms with van der Waals surface area (Å²) in [4.78, 5) is 13.0. The first-order chi connectivity index (χ1) is 7.40. The van der Waals surface area contributed by atoms with E-state index in [-0.39, 0.29) is 6.09 Å². The van der Waals surface area contributed by atoms with Crippen LogP contribution in [0.4, 0.5) is 9.18 Å². The molecule has 1 amide bonds. The predicted molar refractivity (Wildman–Crippen MR) is 65.4 cm³/mol. The van der Waals surface area contributed by atoms with E-state index in [2.05, 4.69) is 0 Å². The maximum absolute atomic E-state index is 11.9. The molecule has 0 aliphatic rings. The Hall–Kier alpha value is -0.800. The van der Waals surface area contributed by atoms with E-state index >= 15 is 0 Å². The second-order valence-electron chi connectivity index (χ2n) is 4.10. The van der Waals surface area contributed by atoms with Gasteiger partial charge in [0.15, 0.2) is 0 Å². The Kier molecular flexibility index (Phi) is 10.4. The van der Waals surface area contributed by atoms with E-state index in [1.165, 1.54) is 4.90 Å². The quantitative estimate of drug-likeness (QED) is 0.744. The predicted octanol–water partition coefficient (Wildman–Crippen LogP) is 3.63. The summed E-state index contributed by atoms with van der Waals surface area (Å²) in [6.07, 6.45) is 0.000962. The first kappa shape index (κ1) is 17.6. The molecular weight excluding hydrogens is 209 g/mol. The summed E-state index contributed by atoms with van der Waals surface area (Å²) in [5.41, 5.74) is -0.486. The summed E-state index contributed by atoms with van der Waals surface area (Å²) >= 11 is 0. The fraction of sp³-hybridized carbons (Fsp3) is 0.917. The number of nitrogens with zero attached hydrogens (tertiary/aromatic N) is 1. The van der Waals surface area contributed by atoms with Crippen molar-refractivity contribution in [2.45, 2.75) is 53.6 Å². The molecular formula is C12H26FNO2. The fourth-order valence-corrected chi connectivity index (χ4v) is 0.956. The Morgan fingerprint density at radius 2 is 1.81 bits per heavy atom. The van der Waals surface area contributed by atoms with E-state index in [4.69, 9.17) is 4.74 Å². The van der Waals surface area contributed by atoms with Gasteiger partial charge in [-0.2, -0.15) is 0 Å². The van der Waals surface area contributed by atoms with E-state index in [1.54, 1.807) is 0 Å². The Bertz CT molecular complexity index is 178. The minimum Gasteiger partial charge on any atom is -0.444 e. The summed E-state index contributed by atoms with van der Waals surface area (Å²) < 4.78 is 17.1. The number of hydrogen-bond donors (Lipinski definition) is 0. The monoisotopic (exact) mass is 235 g/mol. The van der Waals surface area contributed by atoms with Gasteiger partial charge in [-0.3, -0.25) is 4.39 Å². The molecule has 0 saturated heterocycles. The molecule has 98 valence electrons. The Balaban J connectivity index is 0. The normalized spacial score (nSPS) is 10.2. The molecule has 0 aromatic carbocycles. The van der Waals surface area contributed by atoms with Crippen LogP contribution in [0.25, 0.3) is 0 Å². The van der Waals surface area contributed by atoms with Gasteiger partial charge in [-0.15, -0.1) is 0 Å². The highest BCUT2D eigenvalue weighted by Gasteiger charge is 2.20. The molecule has 0 rings (SSSR count). The Morgan fingerprint density at radius 3 is 2.12 bits per heavy atom. The zero-order chi connectivity index (χ0) is 13.2. The van der Waals surface area contributed by atoms with Crippen LogP contribution in [0.3, 0.4) is 0 Å². The van der Waals surface area contributed by atoms with Crippen molar-refractivity contribution in [1.29, 1.82) is 0 Å². The van der Waals surface area contributed by atoms with Crippen LogP contribution in [-0.2, 0) is 4.74 Å². The first-order valence-electron chi connectivity index (χ1n) is 5.94. The summed E-state index contributed by atoms with van der Waals surface area (Å²) in [5.74, 6) is 0. The summed E-state index contributed by atoms with van der Waals surface area (Å²) in [5, 5.41) is 0. The number of ether oxygens (including phenoxy) is 1. The van der Waals surface area contributed by atoms with Crippen molar-refractivity contribution in [2.24, 2.45) is 0 Å². The average Bonchev–Trinajstić information content (AvgIpc) is 2.19. The van der Waals surface area contributed by atoms with Crippen LogP contribution in [0, 0.1) is 0 Å². The number of hydrogen-bond acceptors (Lipinski definition) is 2. The van der Waals surface area contributed by atoms with Gasteiger partial charge in [-0.25, -0.2) is 4.79 Å². The van der Waals surface area contributed by atoms with Gasteiger partial charge in [-0.05, 0) is 34.1 Å². The molecule has 0 aromatic heterocycles. The molecule has 16 heavy (non-hydrogen) atoms. The fourth-order valence-electron chi connectivity index (χ4n) is 0.956. The Morgan fingerprint density at radius 1 is 1.31 bits per heavy atom. The molecule has 0 radical (unpaired) electrons. The van der Waals surface area contributed by atoms with Gasteiger partial charge in [0.2, 0.25) is 0 Å². The van der Waals surface area contributed by atoms with Gasteiger partial charge >= 0.3 is 6.09 Å². The first-order valence-corrected chi connectivity index (χ1v) is 5.94. The minimum atomic E-state index is -0.486. The third-order valence-electron chi connectivity index (χ3n) is 1.60. The van der Waals surface area contributed by atoms with Crippen LogP contribution in [0.15, 0.2) is 0 Å². The largest absolute Gasteiger partial charge is 0.444 e. The average molecular weight is 235 g/mol. The third kappa shape index (κ3) is 9.74. The number of rotatable bonds is 4. The van der Waals surface area contributed by atoms with Crippen LogP contribution >= 0.6 is 0 Å². The molecule has 4 heteroatoms. The number of carbonyl (C=O) groups excluding carboxylic acids is 1. The maximum Gasteiger partial charge on any atom is 0.410 e. The number of alkyl halides is 1. The third-order valence-corrected chi connectivity index (χ3v) is 1.60. The molecule has 0 aliphatic heterocycles. The summed E-state index contributed by atoms with van der Waals surface area (Å²) in [6.45, 7) is 11.9. The van der Waals surface area contributed by atoms with Crippen LogP contribution in [0.1, 0.15) is 48.0 Å². The topological polar surface area (TPSA) is 29.5 Å². The lowest BCUT2D eigenvalue weighted by atomic mass is 10.2. The van der Waals surface area contributed by atoms with Crippen LogP contribution in [-0.4, -0.2) is 36.4 Å². The lowest BCUT2D eigenvalue weighted by Crippen LogP contribution is -2.37. The van der Waals surface area contributed by atoms with Crippen molar-refractivity contribution in [3.05, 3.63) is 0 Å². The second-order valence-corrected chi connectivity index (χ2v) is 4.10. The van der Waals surface area contributed by atoms with E-state index in [1.807, 2.05) is 41.5 Å². The molecule has 0 aromatic rings. The molecule has 0 saturated carbocycles. The molecule has 0 spiro atoms. The van der Waals surface area contributed by atoms with Gasteiger partial charge < -0.3 is 9.64 Å². The molecule has 0 N–H and O–H groups in total. The van der Waals surface area contributed by atoms with Crippen LogP contribution in [0.2, 0.25) is 0 Å². The maximum atomic E-state index is 11.9. The van der Waals surface area contributed by atoms with Gasteiger partial charge in [0.1, 0.15) is 5.60 Å². The van der Waals surface area contributed by atoms with Gasteiger partial charge in [-0.1, -0.05) is 13.8 Å². The van der Waals surface area contributed by atoms with Crippen molar-refractivity contribution in [3.8, 4) is 0 Å². The SMILES string of the molecule is CC.CCN(CCCF)C(=O)OC(C)(C)C. The molecule has 0 heterocycles. The van der Waals surface area contributed by atoms with E-state index < -0.39 is 12.3 Å². The van der Waals surface area contributed by atoms with E-state index in [0.29, 0.717) is 19.5 Å². The molecule has 0 aliphatic carbocycles. The molecule has 0 bridgehead atoms. The lowest BCUT2D eigenvalue weighted by molar-refractivity contribution is 0.0256. The van der Waals surface area contributed by atoms with Crippen LogP contribution < -0.4 is 0 Å². The highest BCUT2D eigenvalue weighted by atomic mass is 19.1. The zero-order valence-corrected chi connectivity index (χ0v) is 11.5. The van der Waals surface area contributed by atoms with Crippen molar-refractivity contribution < 1.29 is 13.9 Å². The van der Waals surface area contributed by atoms with E-state index in [0.717, 1.165) is 0 Å². The minimum absolute atomic E-state index is 0.367. The summed E-state index contributed by atoms with van der Waals surface area (Å²) in [6, 6.07) is 0. The highest BCUT2D eigenvalue weighted by Crippen LogP contribution is 2.09. The zero-order valence-electron chi connectivity index (χ0n) is 11.5. The van der Waals surface area contributed by atoms with Crippen molar-refractivity contribution in [2.75, 3.05) is 19.8 Å². The number of halogens is 1. The van der Waals surface area contributed by atoms with Crippen molar-refractivity contribution in [3.63, 3.8) is 0 Å². The number of carbonyl (C=O) groups is 1. The van der Waals surface area contributed by atoms with Gasteiger partial charge in [0, 0.05) is 13.1 Å². The molecule has 0 atom stereocenters.